The third kappa shape index (κ3) is 2.57. The fraction of sp³-hybridized carbons (Fsp3) is 0.222. The van der Waals surface area contributed by atoms with Crippen LogP contribution in [0.25, 0.3) is 22.1 Å². The van der Waals surface area contributed by atoms with Gasteiger partial charge in [0, 0.05) is 0 Å². The number of rotatable bonds is 5. The molecule has 0 saturated carbocycles. The lowest BCUT2D eigenvalue weighted by Crippen LogP contribution is -2.38. The molecule has 0 aliphatic heterocycles. The topological polar surface area (TPSA) is 59.6 Å². The van der Waals surface area contributed by atoms with Gasteiger partial charge in [-0.2, -0.15) is 0 Å². The molecule has 122 valence electrons. The van der Waals surface area contributed by atoms with Crippen LogP contribution in [-0.4, -0.2) is 21.7 Å². The molecule has 0 radical (unpaired) electrons. The van der Waals surface area contributed by atoms with Gasteiger partial charge in [-0.1, -0.05) is 24.3 Å². The van der Waals surface area contributed by atoms with Crippen molar-refractivity contribution in [3.8, 4) is 0 Å². The van der Waals surface area contributed by atoms with Crippen LogP contribution in [0.3, 0.4) is 0 Å². The summed E-state index contributed by atoms with van der Waals surface area (Å²) in [7, 11) is 2.08. The Morgan fingerprint density at radius 3 is 2.33 bits per heavy atom. The van der Waals surface area contributed by atoms with Crippen molar-refractivity contribution in [1.29, 1.82) is 0 Å². The summed E-state index contributed by atoms with van der Waals surface area (Å²) in [6, 6.07) is 16.5. The van der Waals surface area contributed by atoms with E-state index in [2.05, 4.69) is 56.5 Å². The zero-order valence-corrected chi connectivity index (χ0v) is 14.3. The van der Waals surface area contributed by atoms with Crippen molar-refractivity contribution >= 4 is 33.8 Å². The molecule has 2 heterocycles. The van der Waals surface area contributed by atoms with Crippen molar-refractivity contribution in [1.82, 2.24) is 9.97 Å². The van der Waals surface area contributed by atoms with Gasteiger partial charge in [-0.3, -0.25) is 0 Å². The number of aliphatic hydroxyl groups is 1. The average Bonchev–Trinajstić information content (AvgIpc) is 3.12. The van der Waals surface area contributed by atoms with Gasteiger partial charge in [0.05, 0.1) is 13.7 Å². The number of fused-ring (bicyclic) bond motifs is 2. The molecule has 0 saturated heterocycles. The van der Waals surface area contributed by atoms with Crippen molar-refractivity contribution < 1.29 is 14.2 Å². The van der Waals surface area contributed by atoms with Gasteiger partial charge in [-0.25, -0.2) is 19.1 Å². The van der Waals surface area contributed by atoms with E-state index < -0.39 is 0 Å². The number of hydrogen-bond acceptors (Lipinski definition) is 2. The summed E-state index contributed by atoms with van der Waals surface area (Å²) < 4.78 is 4.34. The normalized spacial score (nSPS) is 11.6. The molecule has 0 fully saturated rings. The SMILES string of the molecule is C[n+]1c(SCc2[nH]c3ccccc3[n+]2CCO)[nH]c2ccccc21. The van der Waals surface area contributed by atoms with Gasteiger partial charge in [0.2, 0.25) is 0 Å². The van der Waals surface area contributed by atoms with Crippen LogP contribution >= 0.6 is 11.8 Å². The maximum Gasteiger partial charge on any atom is 0.317 e. The number of H-pyrrole nitrogens is 2. The monoisotopic (exact) mass is 340 g/mol. The van der Waals surface area contributed by atoms with E-state index in [4.69, 9.17) is 0 Å². The molecule has 0 aliphatic rings. The van der Waals surface area contributed by atoms with Gasteiger partial charge in [0.1, 0.15) is 12.3 Å². The fourth-order valence-electron chi connectivity index (χ4n) is 3.10. The lowest BCUT2D eigenvalue weighted by molar-refractivity contribution is -0.684. The second kappa shape index (κ2) is 6.30. The van der Waals surface area contributed by atoms with Gasteiger partial charge >= 0.3 is 5.16 Å². The van der Waals surface area contributed by atoms with E-state index in [0.717, 1.165) is 33.3 Å². The molecule has 2 aromatic heterocycles. The van der Waals surface area contributed by atoms with Crippen LogP contribution in [0.1, 0.15) is 5.82 Å². The molecule has 24 heavy (non-hydrogen) atoms. The standard InChI is InChI=1S/C18H18N4OS/c1-21-15-8-4-2-6-13(15)20-18(21)24-12-17-19-14-7-3-5-9-16(14)22(17)10-11-23/h2-9,23H,10-12H2,1H3/p+2. The number of imidazole rings is 2. The molecule has 0 bridgehead atoms. The van der Waals surface area contributed by atoms with Crippen molar-refractivity contribution in [2.24, 2.45) is 7.05 Å². The number of benzene rings is 2. The first-order valence-corrected chi connectivity index (χ1v) is 8.96. The highest BCUT2D eigenvalue weighted by Crippen LogP contribution is 2.21. The highest BCUT2D eigenvalue weighted by atomic mass is 32.2. The fourth-order valence-corrected chi connectivity index (χ4v) is 4.08. The van der Waals surface area contributed by atoms with Crippen LogP contribution in [0.4, 0.5) is 0 Å². The smallest absolute Gasteiger partial charge is 0.317 e. The zero-order chi connectivity index (χ0) is 16.5. The molecule has 0 aliphatic carbocycles. The number of nitrogens with zero attached hydrogens (tertiary/aromatic N) is 2. The highest BCUT2D eigenvalue weighted by molar-refractivity contribution is 7.98. The summed E-state index contributed by atoms with van der Waals surface area (Å²) in [5.41, 5.74) is 4.56. The number of aliphatic hydroxyl groups excluding tert-OH is 1. The molecule has 5 nitrogen and oxygen atoms in total. The molecular weight excluding hydrogens is 320 g/mol. The Hall–Kier alpha value is -2.31. The summed E-state index contributed by atoms with van der Waals surface area (Å²) in [4.78, 5) is 6.95. The second-order valence-corrected chi connectivity index (χ2v) is 6.72. The lowest BCUT2D eigenvalue weighted by Gasteiger charge is -1.98. The van der Waals surface area contributed by atoms with Crippen LogP contribution in [-0.2, 0) is 19.3 Å². The van der Waals surface area contributed by atoms with Crippen molar-refractivity contribution in [2.75, 3.05) is 6.61 Å². The van der Waals surface area contributed by atoms with Gasteiger partial charge in [-0.15, -0.1) is 0 Å². The predicted octanol–water partition coefficient (Wildman–Crippen LogP) is 2.05. The quantitative estimate of drug-likeness (QED) is 0.385. The van der Waals surface area contributed by atoms with Crippen LogP contribution in [0.5, 0.6) is 0 Å². The summed E-state index contributed by atoms with van der Waals surface area (Å²) in [6.07, 6.45) is 0. The van der Waals surface area contributed by atoms with Gasteiger partial charge in [-0.05, 0) is 36.0 Å². The number of para-hydroxylation sites is 4. The maximum atomic E-state index is 9.39. The minimum atomic E-state index is 0.129. The zero-order valence-electron chi connectivity index (χ0n) is 13.5. The summed E-state index contributed by atoms with van der Waals surface area (Å²) in [5, 5.41) is 10.5. The number of thioether (sulfide) groups is 1. The van der Waals surface area contributed by atoms with Crippen LogP contribution < -0.4 is 9.13 Å². The number of aryl methyl sites for hydroxylation is 1. The third-order valence-corrected chi connectivity index (χ3v) is 5.35. The maximum absolute atomic E-state index is 9.39. The Balaban J connectivity index is 1.66. The molecule has 0 spiro atoms. The molecule has 0 amide bonds. The first kappa shape index (κ1) is 15.2. The molecule has 0 atom stereocenters. The van der Waals surface area contributed by atoms with E-state index in [-0.39, 0.29) is 6.61 Å². The Morgan fingerprint density at radius 1 is 0.958 bits per heavy atom. The molecule has 4 rings (SSSR count). The third-order valence-electron chi connectivity index (χ3n) is 4.28. The van der Waals surface area contributed by atoms with Crippen molar-refractivity contribution in [3.63, 3.8) is 0 Å². The van der Waals surface area contributed by atoms with Crippen molar-refractivity contribution in [3.05, 3.63) is 54.4 Å². The Bertz CT molecular complexity index is 1000. The van der Waals surface area contributed by atoms with Crippen molar-refractivity contribution in [2.45, 2.75) is 17.5 Å². The molecule has 3 N–H and O–H groups in total. The lowest BCUT2D eigenvalue weighted by atomic mass is 10.3. The second-order valence-electron chi connectivity index (χ2n) is 5.76. The molecular formula is C18H20N4OS+2. The van der Waals surface area contributed by atoms with E-state index in [1.807, 2.05) is 18.2 Å². The van der Waals surface area contributed by atoms with E-state index >= 15 is 0 Å². The number of hydrogen-bond donors (Lipinski definition) is 3. The molecule has 4 aromatic rings. The van der Waals surface area contributed by atoms with Gasteiger partial charge in [0.25, 0.3) is 5.82 Å². The Kier molecular flexibility index (Phi) is 4.00. The van der Waals surface area contributed by atoms with E-state index in [0.29, 0.717) is 6.54 Å². The summed E-state index contributed by atoms with van der Waals surface area (Å²) >= 11 is 1.75. The minimum absolute atomic E-state index is 0.129. The minimum Gasteiger partial charge on any atom is -0.392 e. The first-order valence-electron chi connectivity index (χ1n) is 7.98. The first-order chi connectivity index (χ1) is 11.8. The van der Waals surface area contributed by atoms with Crippen LogP contribution in [0.2, 0.25) is 0 Å². The average molecular weight is 340 g/mol. The number of nitrogens with one attached hydrogen (secondary N) is 2. The van der Waals surface area contributed by atoms with Gasteiger partial charge in [0.15, 0.2) is 22.1 Å². The Morgan fingerprint density at radius 2 is 1.62 bits per heavy atom. The van der Waals surface area contributed by atoms with E-state index in [1.54, 1.807) is 11.8 Å². The van der Waals surface area contributed by atoms with E-state index in [9.17, 15) is 5.11 Å². The predicted molar refractivity (Wildman–Crippen MR) is 94.6 cm³/mol. The highest BCUT2D eigenvalue weighted by Gasteiger charge is 2.21. The summed E-state index contributed by atoms with van der Waals surface area (Å²) in [5.74, 6) is 1.91. The molecule has 6 heteroatoms. The molecule has 2 aromatic carbocycles. The van der Waals surface area contributed by atoms with Gasteiger partial charge < -0.3 is 5.11 Å². The number of aromatic amines is 2. The Labute approximate surface area is 144 Å². The molecule has 0 unspecified atom stereocenters. The summed E-state index contributed by atoms with van der Waals surface area (Å²) in [6.45, 7) is 0.725. The largest absolute Gasteiger partial charge is 0.392 e. The van der Waals surface area contributed by atoms with E-state index in [1.165, 1.54) is 5.52 Å². The van der Waals surface area contributed by atoms with Crippen LogP contribution in [0, 0.1) is 0 Å². The number of aromatic nitrogens is 4. The van der Waals surface area contributed by atoms with Crippen LogP contribution in [0.15, 0.2) is 53.7 Å².